The van der Waals surface area contributed by atoms with Gasteiger partial charge in [0, 0.05) is 18.8 Å². The first-order valence-electron chi connectivity index (χ1n) is 8.58. The predicted molar refractivity (Wildman–Crippen MR) is 99.5 cm³/mol. The Kier molecular flexibility index (Phi) is 5.03. The first-order chi connectivity index (χ1) is 12.0. The zero-order valence-electron chi connectivity index (χ0n) is 14.4. The number of nitrogens with zero attached hydrogens (tertiary/aromatic N) is 1. The van der Waals surface area contributed by atoms with Crippen LogP contribution in [0.3, 0.4) is 0 Å². The van der Waals surface area contributed by atoms with Gasteiger partial charge in [0.25, 0.3) is 5.91 Å². The SMILES string of the molecule is Cc1cccc(NC(=O)Cc2ccc(N)cc2)c1C(=O)N1CCCC1. The van der Waals surface area contributed by atoms with Gasteiger partial charge in [0.15, 0.2) is 0 Å². The molecule has 2 aromatic rings. The second kappa shape index (κ2) is 7.38. The van der Waals surface area contributed by atoms with Crippen LogP contribution in [0.5, 0.6) is 0 Å². The fourth-order valence-corrected chi connectivity index (χ4v) is 3.15. The zero-order valence-corrected chi connectivity index (χ0v) is 14.4. The molecule has 0 aromatic heterocycles. The molecule has 5 heteroatoms. The summed E-state index contributed by atoms with van der Waals surface area (Å²) in [6.45, 7) is 3.47. The van der Waals surface area contributed by atoms with Crippen LogP contribution in [0.25, 0.3) is 0 Å². The monoisotopic (exact) mass is 337 g/mol. The molecule has 3 N–H and O–H groups in total. The van der Waals surface area contributed by atoms with Gasteiger partial charge in [-0.2, -0.15) is 0 Å². The van der Waals surface area contributed by atoms with Gasteiger partial charge in [0.2, 0.25) is 5.91 Å². The van der Waals surface area contributed by atoms with Crippen molar-refractivity contribution in [1.29, 1.82) is 0 Å². The molecule has 2 aromatic carbocycles. The maximum atomic E-state index is 12.8. The highest BCUT2D eigenvalue weighted by Gasteiger charge is 2.24. The molecule has 0 saturated carbocycles. The molecule has 1 aliphatic heterocycles. The van der Waals surface area contributed by atoms with Gasteiger partial charge in [-0.25, -0.2) is 0 Å². The van der Waals surface area contributed by atoms with Crippen LogP contribution in [-0.2, 0) is 11.2 Å². The summed E-state index contributed by atoms with van der Waals surface area (Å²) in [5.41, 5.74) is 9.27. The smallest absolute Gasteiger partial charge is 0.256 e. The lowest BCUT2D eigenvalue weighted by Crippen LogP contribution is -2.29. The molecule has 3 rings (SSSR count). The summed E-state index contributed by atoms with van der Waals surface area (Å²) >= 11 is 0. The number of anilines is 2. The van der Waals surface area contributed by atoms with E-state index in [1.54, 1.807) is 18.2 Å². The maximum absolute atomic E-state index is 12.8. The highest BCUT2D eigenvalue weighted by Crippen LogP contribution is 2.24. The largest absolute Gasteiger partial charge is 0.399 e. The lowest BCUT2D eigenvalue weighted by Gasteiger charge is -2.19. The van der Waals surface area contributed by atoms with Crippen LogP contribution in [0.15, 0.2) is 42.5 Å². The quantitative estimate of drug-likeness (QED) is 0.842. The average molecular weight is 337 g/mol. The number of amides is 2. The molecule has 25 heavy (non-hydrogen) atoms. The number of nitrogens with one attached hydrogen (secondary N) is 1. The Labute approximate surface area is 147 Å². The summed E-state index contributed by atoms with van der Waals surface area (Å²) in [5, 5.41) is 2.90. The van der Waals surface area contributed by atoms with Crippen molar-refractivity contribution in [1.82, 2.24) is 4.90 Å². The van der Waals surface area contributed by atoms with Crippen LogP contribution in [0, 0.1) is 6.92 Å². The minimum atomic E-state index is -0.147. The van der Waals surface area contributed by atoms with Crippen LogP contribution in [-0.4, -0.2) is 29.8 Å². The highest BCUT2D eigenvalue weighted by atomic mass is 16.2. The van der Waals surface area contributed by atoms with Crippen molar-refractivity contribution < 1.29 is 9.59 Å². The molecule has 0 unspecified atom stereocenters. The molecule has 0 spiro atoms. The van der Waals surface area contributed by atoms with Gasteiger partial charge >= 0.3 is 0 Å². The third kappa shape index (κ3) is 3.99. The van der Waals surface area contributed by atoms with Crippen LogP contribution in [0.2, 0.25) is 0 Å². The van der Waals surface area contributed by atoms with Crippen LogP contribution >= 0.6 is 0 Å². The number of likely N-dealkylation sites (tertiary alicyclic amines) is 1. The van der Waals surface area contributed by atoms with Gasteiger partial charge in [0.1, 0.15) is 0 Å². The van der Waals surface area contributed by atoms with Gasteiger partial charge in [-0.05, 0) is 49.1 Å². The molecule has 1 fully saturated rings. The third-order valence-corrected chi connectivity index (χ3v) is 4.50. The molecular weight excluding hydrogens is 314 g/mol. The number of benzene rings is 2. The molecule has 1 saturated heterocycles. The first kappa shape index (κ1) is 17.0. The van der Waals surface area contributed by atoms with E-state index in [0.29, 0.717) is 16.9 Å². The number of aryl methyl sites for hydroxylation is 1. The molecule has 2 amide bonds. The maximum Gasteiger partial charge on any atom is 0.256 e. The number of hydrogen-bond acceptors (Lipinski definition) is 3. The van der Waals surface area contributed by atoms with Crippen molar-refractivity contribution in [2.75, 3.05) is 24.1 Å². The van der Waals surface area contributed by atoms with Crippen LogP contribution < -0.4 is 11.1 Å². The number of rotatable bonds is 4. The van der Waals surface area contributed by atoms with Gasteiger partial charge in [-0.3, -0.25) is 9.59 Å². The molecule has 1 aliphatic rings. The Morgan fingerprint density at radius 3 is 2.44 bits per heavy atom. The van der Waals surface area contributed by atoms with Crippen LogP contribution in [0.1, 0.15) is 34.3 Å². The Morgan fingerprint density at radius 2 is 1.76 bits per heavy atom. The second-order valence-electron chi connectivity index (χ2n) is 6.46. The Bertz CT molecular complexity index is 778. The van der Waals surface area contributed by atoms with Crippen molar-refractivity contribution in [3.05, 3.63) is 59.2 Å². The molecule has 0 radical (unpaired) electrons. The fraction of sp³-hybridized carbons (Fsp3) is 0.300. The van der Waals surface area contributed by atoms with Crippen molar-refractivity contribution in [2.24, 2.45) is 0 Å². The lowest BCUT2D eigenvalue weighted by molar-refractivity contribution is -0.115. The van der Waals surface area contributed by atoms with Gasteiger partial charge in [0.05, 0.1) is 17.7 Å². The average Bonchev–Trinajstić information content (AvgIpc) is 3.11. The molecule has 0 atom stereocenters. The van der Waals surface area contributed by atoms with Gasteiger partial charge in [-0.15, -0.1) is 0 Å². The standard InChI is InChI=1S/C20H23N3O2/c1-14-5-4-6-17(19(14)20(25)23-11-2-3-12-23)22-18(24)13-15-7-9-16(21)10-8-15/h4-10H,2-3,11-13,21H2,1H3,(H,22,24). The summed E-state index contributed by atoms with van der Waals surface area (Å²) < 4.78 is 0. The van der Waals surface area contributed by atoms with Crippen molar-refractivity contribution in [2.45, 2.75) is 26.2 Å². The molecule has 0 bridgehead atoms. The summed E-state index contributed by atoms with van der Waals surface area (Å²) in [7, 11) is 0. The van der Waals surface area contributed by atoms with Crippen molar-refractivity contribution in [3.8, 4) is 0 Å². The zero-order chi connectivity index (χ0) is 17.8. The third-order valence-electron chi connectivity index (χ3n) is 4.50. The molecule has 1 heterocycles. The number of hydrogen-bond donors (Lipinski definition) is 2. The minimum absolute atomic E-state index is 0.00150. The van der Waals surface area contributed by atoms with Crippen molar-refractivity contribution in [3.63, 3.8) is 0 Å². The van der Waals surface area contributed by atoms with Crippen molar-refractivity contribution >= 4 is 23.2 Å². The highest BCUT2D eigenvalue weighted by molar-refractivity contribution is 6.05. The summed E-state index contributed by atoms with van der Waals surface area (Å²) in [4.78, 5) is 27.1. The van der Waals surface area contributed by atoms with E-state index < -0.39 is 0 Å². The van der Waals surface area contributed by atoms with E-state index in [2.05, 4.69) is 5.32 Å². The van der Waals surface area contributed by atoms with Gasteiger partial charge < -0.3 is 16.0 Å². The van der Waals surface area contributed by atoms with E-state index in [1.807, 2.05) is 36.1 Å². The number of nitrogen functional groups attached to an aromatic ring is 1. The van der Waals surface area contributed by atoms with E-state index in [-0.39, 0.29) is 18.2 Å². The minimum Gasteiger partial charge on any atom is -0.399 e. The Balaban J connectivity index is 1.77. The fourth-order valence-electron chi connectivity index (χ4n) is 3.15. The summed E-state index contributed by atoms with van der Waals surface area (Å²) in [6, 6.07) is 12.8. The summed E-state index contributed by atoms with van der Waals surface area (Å²) in [5.74, 6) is -0.149. The summed E-state index contributed by atoms with van der Waals surface area (Å²) in [6.07, 6.45) is 2.32. The lowest BCUT2D eigenvalue weighted by atomic mass is 10.0. The topological polar surface area (TPSA) is 75.4 Å². The number of carbonyl (C=O) groups is 2. The van der Waals surface area contributed by atoms with Crippen LogP contribution in [0.4, 0.5) is 11.4 Å². The molecule has 130 valence electrons. The molecule has 5 nitrogen and oxygen atoms in total. The number of carbonyl (C=O) groups excluding carboxylic acids is 2. The van der Waals surface area contributed by atoms with E-state index in [1.165, 1.54) is 0 Å². The molecular formula is C20H23N3O2. The number of nitrogens with two attached hydrogens (primary N) is 1. The normalized spacial score (nSPS) is 13.7. The first-order valence-corrected chi connectivity index (χ1v) is 8.58. The van der Waals surface area contributed by atoms with E-state index in [0.717, 1.165) is 37.1 Å². The van der Waals surface area contributed by atoms with Gasteiger partial charge in [-0.1, -0.05) is 24.3 Å². The van der Waals surface area contributed by atoms with E-state index in [9.17, 15) is 9.59 Å². The van der Waals surface area contributed by atoms with E-state index >= 15 is 0 Å². The predicted octanol–water partition coefficient (Wildman–Crippen LogP) is 2.99. The second-order valence-corrected chi connectivity index (χ2v) is 6.46. The Morgan fingerprint density at radius 1 is 1.08 bits per heavy atom. The van der Waals surface area contributed by atoms with E-state index in [4.69, 9.17) is 5.73 Å². The molecule has 0 aliphatic carbocycles. The Hall–Kier alpha value is -2.82.